The highest BCUT2D eigenvalue weighted by molar-refractivity contribution is 5.92. The minimum absolute atomic E-state index is 0.0639. The number of nitrogens with one attached hydrogen (secondary N) is 1. The zero-order chi connectivity index (χ0) is 16.5. The Bertz CT molecular complexity index is 669. The molecule has 5 heteroatoms. The second-order valence-corrected chi connectivity index (χ2v) is 4.89. The zero-order valence-corrected chi connectivity index (χ0v) is 13.3. The van der Waals surface area contributed by atoms with Crippen LogP contribution in [0.2, 0.25) is 0 Å². The van der Waals surface area contributed by atoms with Crippen LogP contribution in [0.5, 0.6) is 5.88 Å². The van der Waals surface area contributed by atoms with Gasteiger partial charge in [0.2, 0.25) is 11.8 Å². The van der Waals surface area contributed by atoms with Crippen LogP contribution in [0.15, 0.2) is 48.7 Å². The van der Waals surface area contributed by atoms with Gasteiger partial charge in [-0.2, -0.15) is 0 Å². The van der Waals surface area contributed by atoms with Gasteiger partial charge in [-0.25, -0.2) is 4.98 Å². The van der Waals surface area contributed by atoms with Crippen molar-refractivity contribution in [1.82, 2.24) is 4.98 Å². The van der Waals surface area contributed by atoms with E-state index in [1.165, 1.54) is 0 Å². The fraction of sp³-hybridized carbons (Fsp3) is 0.222. The topological polar surface area (TPSA) is 60.5 Å². The van der Waals surface area contributed by atoms with Gasteiger partial charge in [-0.05, 0) is 23.8 Å². The predicted octanol–water partition coefficient (Wildman–Crippen LogP) is 3.28. The van der Waals surface area contributed by atoms with Crippen molar-refractivity contribution in [3.8, 4) is 5.88 Å². The second-order valence-electron chi connectivity index (χ2n) is 4.89. The van der Waals surface area contributed by atoms with Gasteiger partial charge < -0.3 is 14.8 Å². The van der Waals surface area contributed by atoms with Crippen molar-refractivity contribution in [2.75, 3.05) is 19.5 Å². The van der Waals surface area contributed by atoms with Crippen LogP contribution >= 0.6 is 0 Å². The highest BCUT2D eigenvalue weighted by atomic mass is 16.5. The molecule has 0 spiro atoms. The summed E-state index contributed by atoms with van der Waals surface area (Å²) in [4.78, 5) is 16.1. The van der Waals surface area contributed by atoms with Crippen LogP contribution in [0.1, 0.15) is 17.5 Å². The summed E-state index contributed by atoms with van der Waals surface area (Å²) in [6.45, 7) is 0.423. The smallest absolute Gasteiger partial charge is 0.228 e. The lowest BCUT2D eigenvalue weighted by Gasteiger charge is -2.07. The molecule has 1 heterocycles. The number of carbonyl (C=O) groups is 1. The van der Waals surface area contributed by atoms with E-state index in [1.807, 2.05) is 42.5 Å². The maximum absolute atomic E-state index is 11.9. The number of amides is 1. The number of rotatable bonds is 7. The Morgan fingerprint density at radius 1 is 1.26 bits per heavy atom. The summed E-state index contributed by atoms with van der Waals surface area (Å²) in [5, 5.41) is 2.83. The normalized spacial score (nSPS) is 10.7. The molecule has 0 aliphatic rings. The Labute approximate surface area is 136 Å². The van der Waals surface area contributed by atoms with Crippen LogP contribution in [0.3, 0.4) is 0 Å². The highest BCUT2D eigenvalue weighted by Crippen LogP contribution is 2.18. The van der Waals surface area contributed by atoms with Gasteiger partial charge in [-0.15, -0.1) is 0 Å². The average Bonchev–Trinajstić information content (AvgIpc) is 2.56. The molecule has 0 aliphatic heterocycles. The fourth-order valence-electron chi connectivity index (χ4n) is 2.09. The lowest BCUT2D eigenvalue weighted by molar-refractivity contribution is -0.115. The quantitative estimate of drug-likeness (QED) is 0.852. The minimum Gasteiger partial charge on any atom is -0.481 e. The van der Waals surface area contributed by atoms with E-state index in [4.69, 9.17) is 9.47 Å². The Hall–Kier alpha value is -2.66. The molecule has 1 N–H and O–H groups in total. The maximum atomic E-state index is 11.9. The SMILES string of the molecule is COCc1cc(/C=C/CC(=O)Nc2ccccc2)cnc1OC. The number of carbonyl (C=O) groups excluding carboxylic acids is 1. The van der Waals surface area contributed by atoms with Gasteiger partial charge in [0.25, 0.3) is 0 Å². The number of hydrogen-bond donors (Lipinski definition) is 1. The second kappa shape index (κ2) is 8.70. The van der Waals surface area contributed by atoms with E-state index in [0.29, 0.717) is 18.9 Å². The zero-order valence-electron chi connectivity index (χ0n) is 13.3. The van der Waals surface area contributed by atoms with Crippen molar-refractivity contribution < 1.29 is 14.3 Å². The van der Waals surface area contributed by atoms with Crippen molar-refractivity contribution in [3.63, 3.8) is 0 Å². The Balaban J connectivity index is 1.94. The van der Waals surface area contributed by atoms with Gasteiger partial charge in [0, 0.05) is 31.0 Å². The van der Waals surface area contributed by atoms with E-state index < -0.39 is 0 Å². The molecule has 120 valence electrons. The summed E-state index contributed by atoms with van der Waals surface area (Å²) in [6.07, 6.45) is 5.65. The van der Waals surface area contributed by atoms with E-state index in [0.717, 1.165) is 16.8 Å². The predicted molar refractivity (Wildman–Crippen MR) is 90.2 cm³/mol. The molecule has 0 unspecified atom stereocenters. The number of ether oxygens (including phenoxy) is 2. The third-order valence-electron chi connectivity index (χ3n) is 3.11. The van der Waals surface area contributed by atoms with Crippen molar-refractivity contribution in [3.05, 3.63) is 59.8 Å². The first kappa shape index (κ1) is 16.7. The molecule has 0 aliphatic carbocycles. The lowest BCUT2D eigenvalue weighted by atomic mass is 10.2. The third-order valence-corrected chi connectivity index (χ3v) is 3.11. The number of para-hydroxylation sites is 1. The molecule has 1 amide bonds. The van der Waals surface area contributed by atoms with E-state index >= 15 is 0 Å². The number of methoxy groups -OCH3 is 2. The molecule has 0 saturated carbocycles. The minimum atomic E-state index is -0.0639. The molecule has 0 radical (unpaired) electrons. The molecule has 2 rings (SSSR count). The molecule has 0 fully saturated rings. The lowest BCUT2D eigenvalue weighted by Crippen LogP contribution is -2.09. The number of nitrogens with zero attached hydrogens (tertiary/aromatic N) is 1. The molecule has 2 aromatic rings. The Morgan fingerprint density at radius 2 is 2.04 bits per heavy atom. The number of anilines is 1. The van der Waals surface area contributed by atoms with Gasteiger partial charge in [0.15, 0.2) is 0 Å². The first-order valence-corrected chi connectivity index (χ1v) is 7.26. The van der Waals surface area contributed by atoms with Crippen molar-refractivity contribution in [2.24, 2.45) is 0 Å². The van der Waals surface area contributed by atoms with Gasteiger partial charge in [-0.1, -0.05) is 30.4 Å². The number of aromatic nitrogens is 1. The van der Waals surface area contributed by atoms with Crippen LogP contribution in [0.4, 0.5) is 5.69 Å². The molecular weight excluding hydrogens is 292 g/mol. The van der Waals surface area contributed by atoms with Crippen LogP contribution in [0.25, 0.3) is 6.08 Å². The number of pyridine rings is 1. The molecule has 5 nitrogen and oxygen atoms in total. The van der Waals surface area contributed by atoms with Crippen molar-refractivity contribution in [1.29, 1.82) is 0 Å². The summed E-state index contributed by atoms with van der Waals surface area (Å²) >= 11 is 0. The Morgan fingerprint density at radius 3 is 2.74 bits per heavy atom. The van der Waals surface area contributed by atoms with E-state index in [2.05, 4.69) is 10.3 Å². The molecule has 0 bridgehead atoms. The van der Waals surface area contributed by atoms with Crippen LogP contribution < -0.4 is 10.1 Å². The van der Waals surface area contributed by atoms with Crippen molar-refractivity contribution >= 4 is 17.7 Å². The monoisotopic (exact) mass is 312 g/mol. The summed E-state index contributed by atoms with van der Waals surface area (Å²) in [5.74, 6) is 0.483. The molecule has 1 aromatic carbocycles. The molecular formula is C18H20N2O3. The fourth-order valence-corrected chi connectivity index (χ4v) is 2.09. The standard InChI is InChI=1S/C18H20N2O3/c1-22-13-15-11-14(12-19-18(15)23-2)7-6-10-17(21)20-16-8-4-3-5-9-16/h3-9,11-12H,10,13H2,1-2H3,(H,20,21)/b7-6+. The first-order valence-electron chi connectivity index (χ1n) is 7.26. The maximum Gasteiger partial charge on any atom is 0.228 e. The van der Waals surface area contributed by atoms with Gasteiger partial charge in [0.1, 0.15) is 0 Å². The van der Waals surface area contributed by atoms with E-state index in [9.17, 15) is 4.79 Å². The van der Waals surface area contributed by atoms with E-state index in [1.54, 1.807) is 26.5 Å². The highest BCUT2D eigenvalue weighted by Gasteiger charge is 2.05. The number of hydrogen-bond acceptors (Lipinski definition) is 4. The largest absolute Gasteiger partial charge is 0.481 e. The van der Waals surface area contributed by atoms with Crippen LogP contribution in [-0.2, 0) is 16.1 Å². The number of benzene rings is 1. The van der Waals surface area contributed by atoms with Gasteiger partial charge in [0.05, 0.1) is 13.7 Å². The van der Waals surface area contributed by atoms with Gasteiger partial charge in [-0.3, -0.25) is 4.79 Å². The van der Waals surface area contributed by atoms with Crippen LogP contribution in [-0.4, -0.2) is 25.1 Å². The summed E-state index contributed by atoms with van der Waals surface area (Å²) in [5.41, 5.74) is 2.55. The molecule has 0 atom stereocenters. The molecule has 23 heavy (non-hydrogen) atoms. The third kappa shape index (κ3) is 5.23. The van der Waals surface area contributed by atoms with Crippen LogP contribution in [0, 0.1) is 0 Å². The Kier molecular flexibility index (Phi) is 6.32. The van der Waals surface area contributed by atoms with Crippen molar-refractivity contribution in [2.45, 2.75) is 13.0 Å². The summed E-state index contributed by atoms with van der Waals surface area (Å²) in [6, 6.07) is 11.3. The first-order chi connectivity index (χ1) is 11.2. The molecule has 1 aromatic heterocycles. The summed E-state index contributed by atoms with van der Waals surface area (Å²) < 4.78 is 10.3. The van der Waals surface area contributed by atoms with E-state index in [-0.39, 0.29) is 5.91 Å². The molecule has 0 saturated heterocycles. The summed E-state index contributed by atoms with van der Waals surface area (Å²) in [7, 11) is 3.20. The van der Waals surface area contributed by atoms with Gasteiger partial charge >= 0.3 is 0 Å². The average molecular weight is 312 g/mol.